The molecule has 0 heterocycles. The third kappa shape index (κ3) is 4.22. The van der Waals surface area contributed by atoms with Gasteiger partial charge in [0.05, 0.1) is 0 Å². The first-order chi connectivity index (χ1) is 9.66. The van der Waals surface area contributed by atoms with Crippen LogP contribution < -0.4 is 0 Å². The van der Waals surface area contributed by atoms with Crippen LogP contribution in [-0.4, -0.2) is 5.78 Å². The molecule has 0 saturated heterocycles. The molecule has 0 aliphatic rings. The van der Waals surface area contributed by atoms with E-state index in [2.05, 4.69) is 0 Å². The summed E-state index contributed by atoms with van der Waals surface area (Å²) in [6.07, 6.45) is 4.39. The van der Waals surface area contributed by atoms with E-state index in [-0.39, 0.29) is 5.78 Å². The van der Waals surface area contributed by atoms with Gasteiger partial charge in [0.25, 0.3) is 0 Å². The van der Waals surface area contributed by atoms with Gasteiger partial charge in [-0.1, -0.05) is 59.6 Å². The summed E-state index contributed by atoms with van der Waals surface area (Å²) in [5.74, 6) is 0.0600. The molecule has 3 heteroatoms. The minimum absolute atomic E-state index is 0.0600. The van der Waals surface area contributed by atoms with Gasteiger partial charge < -0.3 is 0 Å². The number of benzene rings is 2. The van der Waals surface area contributed by atoms with Crippen molar-refractivity contribution in [2.45, 2.75) is 12.8 Å². The van der Waals surface area contributed by atoms with Gasteiger partial charge >= 0.3 is 0 Å². The fraction of sp³-hybridized carbons (Fsp3) is 0.118. The Morgan fingerprint density at radius 1 is 0.950 bits per heavy atom. The molecule has 0 spiro atoms. The Hall–Kier alpha value is -1.57. The highest BCUT2D eigenvalue weighted by molar-refractivity contribution is 6.32. The van der Waals surface area contributed by atoms with E-state index in [1.807, 2.05) is 42.5 Å². The molecule has 0 aromatic heterocycles. The number of allylic oxidation sites excluding steroid dienone is 1. The van der Waals surface area contributed by atoms with Crippen LogP contribution in [0, 0.1) is 0 Å². The van der Waals surface area contributed by atoms with E-state index in [9.17, 15) is 4.79 Å². The third-order valence-corrected chi connectivity index (χ3v) is 3.67. The van der Waals surface area contributed by atoms with Crippen LogP contribution in [0.5, 0.6) is 0 Å². The summed E-state index contributed by atoms with van der Waals surface area (Å²) < 4.78 is 0. The van der Waals surface area contributed by atoms with Gasteiger partial charge in [-0.2, -0.15) is 0 Å². The molecule has 0 N–H and O–H groups in total. The van der Waals surface area contributed by atoms with Crippen LogP contribution in [0.3, 0.4) is 0 Å². The van der Waals surface area contributed by atoms with Gasteiger partial charge in [0, 0.05) is 16.5 Å². The van der Waals surface area contributed by atoms with Crippen molar-refractivity contribution in [3.63, 3.8) is 0 Å². The van der Waals surface area contributed by atoms with E-state index in [4.69, 9.17) is 23.2 Å². The van der Waals surface area contributed by atoms with Crippen molar-refractivity contribution < 1.29 is 4.79 Å². The number of carbonyl (C=O) groups is 1. The number of hydrogen-bond donors (Lipinski definition) is 0. The molecule has 102 valence electrons. The SMILES string of the molecule is O=C(/C=C/c1ccccc1Cl)CCc1ccccc1Cl. The van der Waals surface area contributed by atoms with Crippen molar-refractivity contribution in [2.75, 3.05) is 0 Å². The fourth-order valence-corrected chi connectivity index (χ4v) is 2.26. The van der Waals surface area contributed by atoms with E-state index in [1.165, 1.54) is 0 Å². The number of ketones is 1. The predicted octanol–water partition coefficient (Wildman–Crippen LogP) is 5.21. The average molecular weight is 305 g/mol. The molecule has 0 aliphatic carbocycles. The van der Waals surface area contributed by atoms with Crippen LogP contribution in [0.1, 0.15) is 17.5 Å². The lowest BCUT2D eigenvalue weighted by atomic mass is 10.1. The summed E-state index contributed by atoms with van der Waals surface area (Å²) in [6.45, 7) is 0. The molecule has 2 rings (SSSR count). The highest BCUT2D eigenvalue weighted by atomic mass is 35.5. The standard InChI is InChI=1S/C17H14Cl2O/c18-16-7-3-1-5-13(16)9-11-15(20)12-10-14-6-2-4-8-17(14)19/h1-9,11H,10,12H2/b11-9+. The van der Waals surface area contributed by atoms with Crippen molar-refractivity contribution in [1.82, 2.24) is 0 Å². The van der Waals surface area contributed by atoms with Crippen molar-refractivity contribution in [3.8, 4) is 0 Å². The fourth-order valence-electron chi connectivity index (χ4n) is 1.84. The molecule has 2 aromatic carbocycles. The largest absolute Gasteiger partial charge is 0.295 e. The molecule has 0 bridgehead atoms. The molecule has 0 unspecified atom stereocenters. The Kier molecular flexibility index (Phi) is 5.40. The first-order valence-electron chi connectivity index (χ1n) is 6.35. The first-order valence-corrected chi connectivity index (χ1v) is 7.11. The normalized spacial score (nSPS) is 10.9. The van der Waals surface area contributed by atoms with E-state index < -0.39 is 0 Å². The molecule has 0 aliphatic heterocycles. The molecule has 0 atom stereocenters. The Balaban J connectivity index is 1.93. The van der Waals surface area contributed by atoms with Gasteiger partial charge in [-0.05, 0) is 41.8 Å². The van der Waals surface area contributed by atoms with Gasteiger partial charge in [-0.15, -0.1) is 0 Å². The monoisotopic (exact) mass is 304 g/mol. The van der Waals surface area contributed by atoms with E-state index in [1.54, 1.807) is 18.2 Å². The van der Waals surface area contributed by atoms with Gasteiger partial charge in [0.15, 0.2) is 5.78 Å². The average Bonchev–Trinajstić information content (AvgIpc) is 2.45. The molecule has 20 heavy (non-hydrogen) atoms. The molecule has 2 aromatic rings. The van der Waals surface area contributed by atoms with Crippen LogP contribution >= 0.6 is 23.2 Å². The smallest absolute Gasteiger partial charge is 0.156 e. The zero-order valence-electron chi connectivity index (χ0n) is 10.9. The second-order valence-corrected chi connectivity index (χ2v) is 5.23. The second kappa shape index (κ2) is 7.28. The molecular weight excluding hydrogens is 291 g/mol. The maximum absolute atomic E-state index is 11.8. The van der Waals surface area contributed by atoms with Crippen molar-refractivity contribution in [1.29, 1.82) is 0 Å². The lowest BCUT2D eigenvalue weighted by molar-refractivity contribution is -0.114. The van der Waals surface area contributed by atoms with Gasteiger partial charge in [-0.3, -0.25) is 4.79 Å². The van der Waals surface area contributed by atoms with Crippen LogP contribution in [0.4, 0.5) is 0 Å². The van der Waals surface area contributed by atoms with E-state index >= 15 is 0 Å². The minimum Gasteiger partial charge on any atom is -0.295 e. The summed E-state index contributed by atoms with van der Waals surface area (Å²) in [6, 6.07) is 15.0. The Morgan fingerprint density at radius 2 is 1.60 bits per heavy atom. The quantitative estimate of drug-likeness (QED) is 0.693. The van der Waals surface area contributed by atoms with Crippen LogP contribution in [-0.2, 0) is 11.2 Å². The molecule has 0 saturated carbocycles. The van der Waals surface area contributed by atoms with E-state index in [0.717, 1.165) is 11.1 Å². The Morgan fingerprint density at radius 3 is 2.30 bits per heavy atom. The maximum atomic E-state index is 11.8. The minimum atomic E-state index is 0.0600. The number of carbonyl (C=O) groups excluding carboxylic acids is 1. The highest BCUT2D eigenvalue weighted by Crippen LogP contribution is 2.18. The Bertz CT molecular complexity index is 632. The lowest BCUT2D eigenvalue weighted by Gasteiger charge is -2.01. The van der Waals surface area contributed by atoms with Gasteiger partial charge in [-0.25, -0.2) is 0 Å². The summed E-state index contributed by atoms with van der Waals surface area (Å²) in [5.41, 5.74) is 1.84. The number of rotatable bonds is 5. The molecule has 0 amide bonds. The van der Waals surface area contributed by atoms with E-state index in [0.29, 0.717) is 22.9 Å². The zero-order chi connectivity index (χ0) is 14.4. The van der Waals surface area contributed by atoms with Gasteiger partial charge in [0.2, 0.25) is 0 Å². The number of halogens is 2. The van der Waals surface area contributed by atoms with Crippen molar-refractivity contribution >= 4 is 35.1 Å². The second-order valence-electron chi connectivity index (χ2n) is 4.41. The lowest BCUT2D eigenvalue weighted by Crippen LogP contribution is -1.96. The predicted molar refractivity (Wildman–Crippen MR) is 85.3 cm³/mol. The molecular formula is C17H14Cl2O. The van der Waals surface area contributed by atoms with Crippen molar-refractivity contribution in [3.05, 3.63) is 75.8 Å². The highest BCUT2D eigenvalue weighted by Gasteiger charge is 2.02. The Labute approximate surface area is 128 Å². The topological polar surface area (TPSA) is 17.1 Å². The summed E-state index contributed by atoms with van der Waals surface area (Å²) in [5, 5.41) is 1.35. The van der Waals surface area contributed by atoms with Crippen LogP contribution in [0.2, 0.25) is 10.0 Å². The summed E-state index contributed by atoms with van der Waals surface area (Å²) in [7, 11) is 0. The van der Waals surface area contributed by atoms with Crippen molar-refractivity contribution in [2.24, 2.45) is 0 Å². The van der Waals surface area contributed by atoms with Crippen LogP contribution in [0.25, 0.3) is 6.08 Å². The van der Waals surface area contributed by atoms with Crippen LogP contribution in [0.15, 0.2) is 54.6 Å². The van der Waals surface area contributed by atoms with Gasteiger partial charge in [0.1, 0.15) is 0 Å². The number of aryl methyl sites for hydroxylation is 1. The third-order valence-electron chi connectivity index (χ3n) is 2.95. The molecule has 0 fully saturated rings. The zero-order valence-corrected chi connectivity index (χ0v) is 12.4. The summed E-state index contributed by atoms with van der Waals surface area (Å²) in [4.78, 5) is 11.8. The number of hydrogen-bond acceptors (Lipinski definition) is 1. The first kappa shape index (κ1) is 14.8. The molecule has 0 radical (unpaired) electrons. The maximum Gasteiger partial charge on any atom is 0.156 e. The molecule has 1 nitrogen and oxygen atoms in total. The summed E-state index contributed by atoms with van der Waals surface area (Å²) >= 11 is 12.1.